The largest absolute Gasteiger partial charge is 0.378 e. The molecule has 2 aromatic rings. The molecule has 0 aliphatic carbocycles. The summed E-state index contributed by atoms with van der Waals surface area (Å²) in [7, 11) is -4.42. The van der Waals surface area contributed by atoms with E-state index < -0.39 is 62.7 Å². The van der Waals surface area contributed by atoms with Crippen molar-refractivity contribution in [2.75, 3.05) is 19.8 Å². The maximum Gasteiger partial charge on any atom is 0.242 e. The maximum atomic E-state index is 14.1. The van der Waals surface area contributed by atoms with Crippen LogP contribution in [0.25, 0.3) is 0 Å². The smallest absolute Gasteiger partial charge is 0.242 e. The van der Waals surface area contributed by atoms with Crippen LogP contribution in [-0.2, 0) is 36.6 Å². The van der Waals surface area contributed by atoms with Gasteiger partial charge in [-0.2, -0.15) is 4.31 Å². The van der Waals surface area contributed by atoms with Crippen molar-refractivity contribution in [3.8, 4) is 0 Å². The normalized spacial score (nSPS) is 17.4. The number of halogens is 3. The van der Waals surface area contributed by atoms with Gasteiger partial charge in [-0.05, 0) is 18.1 Å². The summed E-state index contributed by atoms with van der Waals surface area (Å²) in [4.78, 5) is 29.8. The minimum Gasteiger partial charge on any atom is -0.378 e. The van der Waals surface area contributed by atoms with Gasteiger partial charge in [0.05, 0.1) is 19.0 Å². The van der Waals surface area contributed by atoms with E-state index in [2.05, 4.69) is 15.6 Å². The minimum absolute atomic E-state index is 0. The zero-order chi connectivity index (χ0) is 26.3. The number of carbonyl (C=O) groups is 2. The Hall–Kier alpha value is -3.03. The van der Waals surface area contributed by atoms with Crippen molar-refractivity contribution in [1.29, 1.82) is 0 Å². The first kappa shape index (κ1) is 27.6. The molecule has 2 heterocycles. The average Bonchev–Trinajstić information content (AvgIpc) is 2.85. The number of nitrogens with zero attached hydrogens (tertiary/aromatic N) is 2. The van der Waals surface area contributed by atoms with E-state index in [1.807, 2.05) is 6.92 Å². The third-order valence-electron chi connectivity index (χ3n) is 5.57. The van der Waals surface area contributed by atoms with E-state index in [1.165, 1.54) is 0 Å². The number of hydrogen-bond donors (Lipinski definition) is 2. The molecule has 36 heavy (non-hydrogen) atoms. The highest BCUT2D eigenvalue weighted by molar-refractivity contribution is 7.88. The standard InChI is InChI=1S/C23H27F3N4O5S.H2/c1-2-4-20(22(31)28-12-15-5-3-6-27-11-15)29-23(32)21-13-35-8-7-30(21)36(33,34)14-17-18(25)9-16(24)10-19(17)26;/h3,5-6,9-11,20-21H,2,4,7-8,12-14H2,1H3,(H,28,31)(H,29,32);1H. The summed E-state index contributed by atoms with van der Waals surface area (Å²) in [6, 6.07) is 1.95. The lowest BCUT2D eigenvalue weighted by Gasteiger charge is -2.34. The number of nitrogens with one attached hydrogen (secondary N) is 2. The van der Waals surface area contributed by atoms with E-state index in [-0.39, 0.29) is 34.2 Å². The third-order valence-corrected chi connectivity index (χ3v) is 7.38. The average molecular weight is 531 g/mol. The SMILES string of the molecule is CCCC(NC(=O)C1COCCN1S(=O)(=O)Cc1c(F)cc(F)cc1F)C(=O)NCc1cccnc1.[HH]. The van der Waals surface area contributed by atoms with Crippen LogP contribution in [0.15, 0.2) is 36.7 Å². The van der Waals surface area contributed by atoms with E-state index in [9.17, 15) is 31.2 Å². The zero-order valence-corrected chi connectivity index (χ0v) is 20.4. The van der Waals surface area contributed by atoms with Gasteiger partial charge in [0.15, 0.2) is 0 Å². The molecule has 13 heteroatoms. The number of aromatic nitrogens is 1. The van der Waals surface area contributed by atoms with Crippen LogP contribution in [0.4, 0.5) is 13.2 Å². The molecule has 2 atom stereocenters. The fourth-order valence-electron chi connectivity index (χ4n) is 3.74. The van der Waals surface area contributed by atoms with Crippen LogP contribution in [0.1, 0.15) is 32.3 Å². The van der Waals surface area contributed by atoms with Crippen LogP contribution in [0.5, 0.6) is 0 Å². The highest BCUT2D eigenvalue weighted by Crippen LogP contribution is 2.22. The van der Waals surface area contributed by atoms with Crippen LogP contribution in [0.2, 0.25) is 0 Å². The number of rotatable bonds is 10. The zero-order valence-electron chi connectivity index (χ0n) is 19.5. The molecule has 1 fully saturated rings. The second-order valence-corrected chi connectivity index (χ2v) is 10.2. The first-order valence-electron chi connectivity index (χ1n) is 11.3. The molecule has 1 aliphatic rings. The molecule has 0 saturated carbocycles. The van der Waals surface area contributed by atoms with Gasteiger partial charge in [0, 0.05) is 44.6 Å². The Balaban J connectivity index is 0.00000481. The van der Waals surface area contributed by atoms with Crippen LogP contribution in [-0.4, -0.2) is 61.4 Å². The van der Waals surface area contributed by atoms with Gasteiger partial charge in [0.1, 0.15) is 29.5 Å². The van der Waals surface area contributed by atoms with Crippen molar-refractivity contribution < 1.29 is 37.3 Å². The van der Waals surface area contributed by atoms with Crippen LogP contribution >= 0.6 is 0 Å². The summed E-state index contributed by atoms with van der Waals surface area (Å²) >= 11 is 0. The Labute approximate surface area is 208 Å². The van der Waals surface area contributed by atoms with Crippen molar-refractivity contribution in [3.05, 3.63) is 65.2 Å². The fourth-order valence-corrected chi connectivity index (χ4v) is 5.45. The van der Waals surface area contributed by atoms with Crippen molar-refractivity contribution in [2.24, 2.45) is 0 Å². The number of morpholine rings is 1. The molecule has 1 aromatic heterocycles. The van der Waals surface area contributed by atoms with Gasteiger partial charge in [-0.3, -0.25) is 14.6 Å². The van der Waals surface area contributed by atoms with Gasteiger partial charge in [-0.25, -0.2) is 21.6 Å². The van der Waals surface area contributed by atoms with E-state index in [4.69, 9.17) is 4.74 Å². The number of ether oxygens (including phenoxy) is 1. The number of amides is 2. The lowest BCUT2D eigenvalue weighted by molar-refractivity contribution is -0.134. The molecule has 0 bridgehead atoms. The number of benzene rings is 1. The number of pyridine rings is 1. The van der Waals surface area contributed by atoms with Gasteiger partial charge in [-0.1, -0.05) is 19.4 Å². The van der Waals surface area contributed by atoms with E-state index in [0.717, 1.165) is 9.87 Å². The Morgan fingerprint density at radius 3 is 2.64 bits per heavy atom. The van der Waals surface area contributed by atoms with Crippen LogP contribution in [0.3, 0.4) is 0 Å². The van der Waals surface area contributed by atoms with Gasteiger partial charge in [0.2, 0.25) is 21.8 Å². The number of sulfonamides is 1. The van der Waals surface area contributed by atoms with Crippen molar-refractivity contribution >= 4 is 21.8 Å². The molecule has 1 saturated heterocycles. The number of carbonyl (C=O) groups excluding carboxylic acids is 2. The van der Waals surface area contributed by atoms with Gasteiger partial charge >= 0.3 is 0 Å². The fraction of sp³-hybridized carbons (Fsp3) is 0.435. The molecule has 2 unspecified atom stereocenters. The topological polar surface area (TPSA) is 118 Å². The monoisotopic (exact) mass is 530 g/mol. The van der Waals surface area contributed by atoms with Gasteiger partial charge in [-0.15, -0.1) is 0 Å². The van der Waals surface area contributed by atoms with E-state index in [0.29, 0.717) is 18.6 Å². The summed E-state index contributed by atoms with van der Waals surface area (Å²) in [5.74, 6) is -6.24. The lowest BCUT2D eigenvalue weighted by atomic mass is 10.1. The Morgan fingerprint density at radius 1 is 1.28 bits per heavy atom. The highest BCUT2D eigenvalue weighted by Gasteiger charge is 2.39. The lowest BCUT2D eigenvalue weighted by Crippen LogP contribution is -2.59. The van der Waals surface area contributed by atoms with Crippen LogP contribution in [0, 0.1) is 17.5 Å². The highest BCUT2D eigenvalue weighted by atomic mass is 32.2. The number of hydrogen-bond acceptors (Lipinski definition) is 6. The van der Waals surface area contributed by atoms with Crippen LogP contribution < -0.4 is 10.6 Å². The summed E-state index contributed by atoms with van der Waals surface area (Å²) in [5, 5.41) is 5.28. The second-order valence-electron chi connectivity index (χ2n) is 8.23. The Morgan fingerprint density at radius 2 is 2.00 bits per heavy atom. The minimum atomic E-state index is -4.42. The molecule has 198 valence electrons. The molecule has 9 nitrogen and oxygen atoms in total. The Kier molecular flexibility index (Phi) is 9.40. The summed E-state index contributed by atoms with van der Waals surface area (Å²) in [6.45, 7) is 1.41. The predicted octanol–water partition coefficient (Wildman–Crippen LogP) is 1.88. The third kappa shape index (κ3) is 7.02. The van der Waals surface area contributed by atoms with Crippen molar-refractivity contribution in [2.45, 2.75) is 44.1 Å². The molecule has 3 rings (SSSR count). The summed E-state index contributed by atoms with van der Waals surface area (Å²) in [6.07, 6.45) is 4.02. The molecular weight excluding hydrogens is 501 g/mol. The summed E-state index contributed by atoms with van der Waals surface area (Å²) in [5.41, 5.74) is -0.0775. The maximum absolute atomic E-state index is 14.1. The molecule has 2 N–H and O–H groups in total. The molecule has 0 spiro atoms. The molecule has 1 aromatic carbocycles. The van der Waals surface area contributed by atoms with E-state index in [1.54, 1.807) is 24.5 Å². The Bertz CT molecular complexity index is 1170. The molecule has 1 aliphatic heterocycles. The van der Waals surface area contributed by atoms with Crippen molar-refractivity contribution in [3.63, 3.8) is 0 Å². The quantitative estimate of drug-likeness (QED) is 0.485. The van der Waals surface area contributed by atoms with E-state index >= 15 is 0 Å². The first-order chi connectivity index (χ1) is 17.1. The molecule has 2 amide bonds. The molecular formula is C23H29F3N4O5S. The van der Waals surface area contributed by atoms with Gasteiger partial charge < -0.3 is 15.4 Å². The summed E-state index contributed by atoms with van der Waals surface area (Å²) < 4.78 is 73.6. The van der Waals surface area contributed by atoms with Crippen molar-refractivity contribution in [1.82, 2.24) is 19.9 Å². The van der Waals surface area contributed by atoms with Gasteiger partial charge in [0.25, 0.3) is 0 Å². The first-order valence-corrected chi connectivity index (χ1v) is 12.9. The predicted molar refractivity (Wildman–Crippen MR) is 125 cm³/mol. The second kappa shape index (κ2) is 12.3. The molecule has 0 radical (unpaired) electrons.